The molecule has 1 aliphatic rings. The Balaban J connectivity index is 2.35. The van der Waals surface area contributed by atoms with Crippen molar-refractivity contribution >= 4 is 5.57 Å². The van der Waals surface area contributed by atoms with Crippen LogP contribution in [-0.4, -0.2) is 41.4 Å². The van der Waals surface area contributed by atoms with Gasteiger partial charge in [-0.3, -0.25) is 9.97 Å². The van der Waals surface area contributed by atoms with Crippen molar-refractivity contribution < 1.29 is 9.84 Å². The summed E-state index contributed by atoms with van der Waals surface area (Å²) >= 11 is 0. The highest BCUT2D eigenvalue weighted by Gasteiger charge is 2.24. The lowest BCUT2D eigenvalue weighted by molar-refractivity contribution is 0.205. The van der Waals surface area contributed by atoms with Crippen LogP contribution in [0, 0.1) is 12.3 Å². The highest BCUT2D eigenvalue weighted by atomic mass is 16.5. The molecule has 0 spiro atoms. The molecule has 2 N–H and O–H groups in total. The van der Waals surface area contributed by atoms with Gasteiger partial charge in [-0.05, 0) is 44.1 Å². The van der Waals surface area contributed by atoms with Gasteiger partial charge in [-0.2, -0.15) is 0 Å². The highest BCUT2D eigenvalue weighted by Crippen LogP contribution is 2.34. The molecule has 27 heavy (non-hydrogen) atoms. The summed E-state index contributed by atoms with van der Waals surface area (Å²) < 4.78 is 5.34. The van der Waals surface area contributed by atoms with Crippen molar-refractivity contribution in [1.29, 1.82) is 0 Å². The summed E-state index contributed by atoms with van der Waals surface area (Å²) in [7, 11) is 1.74. The van der Waals surface area contributed by atoms with Gasteiger partial charge in [0, 0.05) is 13.2 Å². The lowest BCUT2D eigenvalue weighted by atomic mass is 9.82. The van der Waals surface area contributed by atoms with E-state index in [1.165, 1.54) is 11.1 Å². The number of hydrogen-bond donors (Lipinski definition) is 2. The zero-order valence-electron chi connectivity index (χ0n) is 17.9. The fourth-order valence-corrected chi connectivity index (χ4v) is 3.67. The fourth-order valence-electron chi connectivity index (χ4n) is 3.67. The molecule has 2 unspecified atom stereocenters. The van der Waals surface area contributed by atoms with E-state index in [1.54, 1.807) is 7.11 Å². The third kappa shape index (κ3) is 5.84. The molecule has 0 radical (unpaired) electrons. The Hall–Kier alpha value is -1.30. The summed E-state index contributed by atoms with van der Waals surface area (Å²) in [5.74, 6) is 0. The maximum atomic E-state index is 9.56. The maximum absolute atomic E-state index is 9.56. The monoisotopic (exact) mass is 375 g/mol. The average molecular weight is 376 g/mol. The van der Waals surface area contributed by atoms with Gasteiger partial charge in [0.05, 0.1) is 42.5 Å². The van der Waals surface area contributed by atoms with Gasteiger partial charge < -0.3 is 15.2 Å². The molecule has 152 valence electrons. The van der Waals surface area contributed by atoms with Crippen molar-refractivity contribution in [3.8, 4) is 0 Å². The summed E-state index contributed by atoms with van der Waals surface area (Å²) in [6.45, 7) is 11.8. The first-order valence-corrected chi connectivity index (χ1v) is 10.2. The molecular formula is C22H37N3O2. The van der Waals surface area contributed by atoms with Crippen LogP contribution in [0.15, 0.2) is 11.8 Å². The quantitative estimate of drug-likeness (QED) is 0.780. The van der Waals surface area contributed by atoms with Crippen LogP contribution < -0.4 is 5.32 Å². The minimum Gasteiger partial charge on any atom is -0.395 e. The first kappa shape index (κ1) is 22.0. The molecule has 2 atom stereocenters. The Kier molecular flexibility index (Phi) is 7.95. The molecule has 1 saturated heterocycles. The largest absolute Gasteiger partial charge is 0.395 e. The van der Waals surface area contributed by atoms with E-state index in [4.69, 9.17) is 14.7 Å². The van der Waals surface area contributed by atoms with Gasteiger partial charge in [-0.15, -0.1) is 0 Å². The molecule has 0 aliphatic carbocycles. The molecule has 1 aromatic heterocycles. The van der Waals surface area contributed by atoms with Gasteiger partial charge in [-0.25, -0.2) is 0 Å². The van der Waals surface area contributed by atoms with E-state index in [2.05, 4.69) is 39.9 Å². The Bertz CT molecular complexity index is 649. The standard InChI is InChI=1S/C22H37N3O2/c1-15(22(3,4)5)18(11-12-27-6)21-16(2)24-20(13-23-21)19-10-8-7-9-17(14-26)25-19/h13,17,19,25-26H,7-12,14H2,1-6H3/b18-15+. The molecule has 0 bridgehead atoms. The zero-order chi connectivity index (χ0) is 20.0. The second-order valence-corrected chi connectivity index (χ2v) is 8.71. The summed E-state index contributed by atoms with van der Waals surface area (Å²) in [5, 5.41) is 13.1. The predicted molar refractivity (Wildman–Crippen MR) is 111 cm³/mol. The molecule has 5 nitrogen and oxygen atoms in total. The SMILES string of the molecule is COCC/C(=C(/C)C(C)(C)C)c1ncc(C2CCCCC(CO)N2)nc1C. The van der Waals surface area contributed by atoms with E-state index in [-0.39, 0.29) is 24.1 Å². The van der Waals surface area contributed by atoms with Crippen LogP contribution in [0.1, 0.15) is 82.9 Å². The van der Waals surface area contributed by atoms with Crippen molar-refractivity contribution in [2.75, 3.05) is 20.3 Å². The number of nitrogens with zero attached hydrogens (tertiary/aromatic N) is 2. The third-order valence-electron chi connectivity index (χ3n) is 5.69. The molecular weight excluding hydrogens is 338 g/mol. The Labute approximate surface area is 164 Å². The van der Waals surface area contributed by atoms with Crippen molar-refractivity contribution in [2.24, 2.45) is 5.41 Å². The summed E-state index contributed by atoms with van der Waals surface area (Å²) in [5.41, 5.74) is 5.58. The molecule has 0 amide bonds. The van der Waals surface area contributed by atoms with Gasteiger partial charge in [-0.1, -0.05) is 39.2 Å². The van der Waals surface area contributed by atoms with Gasteiger partial charge >= 0.3 is 0 Å². The van der Waals surface area contributed by atoms with Gasteiger partial charge in [0.25, 0.3) is 0 Å². The van der Waals surface area contributed by atoms with Crippen LogP contribution in [0.5, 0.6) is 0 Å². The number of methoxy groups -OCH3 is 1. The smallest absolute Gasteiger partial charge is 0.0874 e. The van der Waals surface area contributed by atoms with E-state index in [0.29, 0.717) is 6.61 Å². The molecule has 5 heteroatoms. The zero-order valence-corrected chi connectivity index (χ0v) is 17.9. The van der Waals surface area contributed by atoms with Crippen LogP contribution in [0.3, 0.4) is 0 Å². The van der Waals surface area contributed by atoms with Gasteiger partial charge in [0.2, 0.25) is 0 Å². The first-order chi connectivity index (χ1) is 12.8. The fraction of sp³-hybridized carbons (Fsp3) is 0.727. The van der Waals surface area contributed by atoms with Crippen LogP contribution >= 0.6 is 0 Å². The van der Waals surface area contributed by atoms with Gasteiger partial charge in [0.1, 0.15) is 0 Å². The number of nitrogens with one attached hydrogen (secondary N) is 1. The van der Waals surface area contributed by atoms with Gasteiger partial charge in [0.15, 0.2) is 0 Å². The predicted octanol–water partition coefficient (Wildman–Crippen LogP) is 4.21. The molecule has 0 aromatic carbocycles. The number of rotatable bonds is 6. The first-order valence-electron chi connectivity index (χ1n) is 10.2. The van der Waals surface area contributed by atoms with E-state index in [0.717, 1.165) is 49.2 Å². The molecule has 1 aliphatic heterocycles. The Morgan fingerprint density at radius 2 is 2.00 bits per heavy atom. The number of aliphatic hydroxyl groups excluding tert-OH is 1. The minimum atomic E-state index is 0.0764. The number of aliphatic hydroxyl groups is 1. The second kappa shape index (κ2) is 9.76. The van der Waals surface area contributed by atoms with Crippen molar-refractivity contribution in [3.05, 3.63) is 28.9 Å². The normalized spacial score (nSPS) is 22.3. The number of aryl methyl sites for hydroxylation is 1. The van der Waals surface area contributed by atoms with Crippen LogP contribution in [0.2, 0.25) is 0 Å². The Morgan fingerprint density at radius 3 is 2.59 bits per heavy atom. The molecule has 1 fully saturated rings. The van der Waals surface area contributed by atoms with E-state index in [1.807, 2.05) is 6.20 Å². The van der Waals surface area contributed by atoms with Crippen molar-refractivity contribution in [3.63, 3.8) is 0 Å². The molecule has 1 aromatic rings. The molecule has 2 heterocycles. The molecule has 2 rings (SSSR count). The van der Waals surface area contributed by atoms with Crippen LogP contribution in [0.4, 0.5) is 0 Å². The molecule has 0 saturated carbocycles. The highest BCUT2D eigenvalue weighted by molar-refractivity contribution is 5.68. The summed E-state index contributed by atoms with van der Waals surface area (Å²) in [4.78, 5) is 9.76. The number of aromatic nitrogens is 2. The lowest BCUT2D eigenvalue weighted by Gasteiger charge is -2.25. The van der Waals surface area contributed by atoms with E-state index < -0.39 is 0 Å². The number of hydrogen-bond acceptors (Lipinski definition) is 5. The third-order valence-corrected chi connectivity index (χ3v) is 5.69. The van der Waals surface area contributed by atoms with Crippen molar-refractivity contribution in [1.82, 2.24) is 15.3 Å². The van der Waals surface area contributed by atoms with Crippen LogP contribution in [0.25, 0.3) is 5.57 Å². The average Bonchev–Trinajstić information content (AvgIpc) is 2.87. The number of allylic oxidation sites excluding steroid dienone is 1. The maximum Gasteiger partial charge on any atom is 0.0874 e. The van der Waals surface area contributed by atoms with Crippen LogP contribution in [-0.2, 0) is 4.74 Å². The Morgan fingerprint density at radius 1 is 1.30 bits per heavy atom. The van der Waals surface area contributed by atoms with Crippen molar-refractivity contribution in [2.45, 2.75) is 78.8 Å². The second-order valence-electron chi connectivity index (χ2n) is 8.71. The lowest BCUT2D eigenvalue weighted by Crippen LogP contribution is -2.34. The van der Waals surface area contributed by atoms with E-state index in [9.17, 15) is 5.11 Å². The number of ether oxygens (including phenoxy) is 1. The summed E-state index contributed by atoms with van der Waals surface area (Å²) in [6, 6.07) is 0.319. The van der Waals surface area contributed by atoms with E-state index >= 15 is 0 Å². The minimum absolute atomic E-state index is 0.0764. The summed E-state index contributed by atoms with van der Waals surface area (Å²) in [6.07, 6.45) is 7.11. The topological polar surface area (TPSA) is 67.3 Å².